The number of carboxylic acid groups (broad SMARTS) is 1. The van der Waals surface area contributed by atoms with Gasteiger partial charge in [-0.15, -0.1) is 0 Å². The van der Waals surface area contributed by atoms with Gasteiger partial charge in [0, 0.05) is 30.6 Å². The summed E-state index contributed by atoms with van der Waals surface area (Å²) in [4.78, 5) is 34.1. The number of benzene rings is 2. The number of hydrogen-bond donors (Lipinski definition) is 3. The maximum absolute atomic E-state index is 12.0. The molecule has 2 aromatic rings. The average molecular weight is 354 g/mol. The van der Waals surface area contributed by atoms with E-state index in [1.54, 1.807) is 24.3 Å². The van der Waals surface area contributed by atoms with Crippen LogP contribution in [0, 0.1) is 0 Å². The number of aliphatic carboxylic acids is 1. The van der Waals surface area contributed by atoms with E-state index in [9.17, 15) is 14.4 Å². The van der Waals surface area contributed by atoms with Gasteiger partial charge in [0.2, 0.25) is 11.8 Å². The standard InChI is InChI=1S/C20H22N2O4/c23-18(7-4-8-20(25)26)21-16-10-12-17(13-11-16)22-19(24)14-9-15-5-2-1-3-6-15/h1-3,5-6,10-13H,4,7-9,14H2,(H,21,23)(H,22,24)(H,25,26). The summed E-state index contributed by atoms with van der Waals surface area (Å²) in [7, 11) is 0. The second-order valence-electron chi connectivity index (χ2n) is 5.91. The first-order valence-corrected chi connectivity index (χ1v) is 8.48. The number of rotatable bonds is 9. The minimum absolute atomic E-state index is 0.0264. The summed E-state index contributed by atoms with van der Waals surface area (Å²) in [5.74, 6) is -1.21. The Morgan fingerprint density at radius 3 is 1.81 bits per heavy atom. The molecule has 0 heterocycles. The SMILES string of the molecule is O=C(O)CCCC(=O)Nc1ccc(NC(=O)CCc2ccccc2)cc1. The Hall–Kier alpha value is -3.15. The average Bonchev–Trinajstić information content (AvgIpc) is 2.62. The normalized spacial score (nSPS) is 10.2. The second-order valence-corrected chi connectivity index (χ2v) is 5.91. The number of carbonyl (C=O) groups is 3. The lowest BCUT2D eigenvalue weighted by Gasteiger charge is -2.08. The lowest BCUT2D eigenvalue weighted by atomic mass is 10.1. The Labute approximate surface area is 152 Å². The maximum atomic E-state index is 12.0. The number of amides is 2. The Bertz CT molecular complexity index is 742. The Morgan fingerprint density at radius 1 is 0.731 bits per heavy atom. The van der Waals surface area contributed by atoms with Crippen molar-refractivity contribution in [1.82, 2.24) is 0 Å². The first-order valence-electron chi connectivity index (χ1n) is 8.48. The molecule has 6 heteroatoms. The number of nitrogens with one attached hydrogen (secondary N) is 2. The molecule has 136 valence electrons. The molecule has 6 nitrogen and oxygen atoms in total. The third-order valence-electron chi connectivity index (χ3n) is 3.73. The molecule has 0 unspecified atom stereocenters. The Balaban J connectivity index is 1.75. The lowest BCUT2D eigenvalue weighted by molar-refractivity contribution is -0.137. The Morgan fingerprint density at radius 2 is 1.27 bits per heavy atom. The van der Waals surface area contributed by atoms with Crippen LogP contribution in [-0.4, -0.2) is 22.9 Å². The van der Waals surface area contributed by atoms with Crippen molar-refractivity contribution in [3.05, 3.63) is 60.2 Å². The molecule has 0 atom stereocenters. The highest BCUT2D eigenvalue weighted by atomic mass is 16.4. The van der Waals surface area contributed by atoms with Crippen LogP contribution in [0.3, 0.4) is 0 Å². The van der Waals surface area contributed by atoms with E-state index in [1.807, 2.05) is 30.3 Å². The zero-order valence-electron chi connectivity index (χ0n) is 14.4. The van der Waals surface area contributed by atoms with E-state index in [1.165, 1.54) is 0 Å². The summed E-state index contributed by atoms with van der Waals surface area (Å²) in [5, 5.41) is 14.1. The van der Waals surface area contributed by atoms with Crippen LogP contribution in [0.25, 0.3) is 0 Å². The van der Waals surface area contributed by atoms with Crippen molar-refractivity contribution in [2.75, 3.05) is 10.6 Å². The highest BCUT2D eigenvalue weighted by Gasteiger charge is 2.06. The number of carbonyl (C=O) groups excluding carboxylic acids is 2. The summed E-state index contributed by atoms with van der Waals surface area (Å²) >= 11 is 0. The fraction of sp³-hybridized carbons (Fsp3) is 0.250. The van der Waals surface area contributed by atoms with Crippen molar-refractivity contribution in [1.29, 1.82) is 0 Å². The molecule has 0 aliphatic heterocycles. The van der Waals surface area contributed by atoms with Gasteiger partial charge in [0.25, 0.3) is 0 Å². The number of aryl methyl sites for hydroxylation is 1. The molecule has 0 radical (unpaired) electrons. The van der Waals surface area contributed by atoms with Crippen LogP contribution in [0.1, 0.15) is 31.2 Å². The van der Waals surface area contributed by atoms with Crippen LogP contribution in [0.4, 0.5) is 11.4 Å². The molecular weight excluding hydrogens is 332 g/mol. The zero-order valence-corrected chi connectivity index (χ0v) is 14.4. The van der Waals surface area contributed by atoms with Crippen molar-refractivity contribution in [2.24, 2.45) is 0 Å². The summed E-state index contributed by atoms with van der Waals surface area (Å²) in [6, 6.07) is 16.6. The molecule has 0 aromatic heterocycles. The predicted molar refractivity (Wildman–Crippen MR) is 100.0 cm³/mol. The summed E-state index contributed by atoms with van der Waals surface area (Å²) in [6.07, 6.45) is 1.51. The summed E-state index contributed by atoms with van der Waals surface area (Å²) in [5.41, 5.74) is 2.38. The van der Waals surface area contributed by atoms with Crippen LogP contribution in [0.2, 0.25) is 0 Å². The van der Waals surface area contributed by atoms with Crippen molar-refractivity contribution in [3.63, 3.8) is 0 Å². The van der Waals surface area contributed by atoms with Gasteiger partial charge in [0.05, 0.1) is 0 Å². The van der Waals surface area contributed by atoms with Crippen LogP contribution in [-0.2, 0) is 20.8 Å². The quantitative estimate of drug-likeness (QED) is 0.643. The van der Waals surface area contributed by atoms with Crippen molar-refractivity contribution < 1.29 is 19.5 Å². The van der Waals surface area contributed by atoms with E-state index in [2.05, 4.69) is 10.6 Å². The molecule has 3 N–H and O–H groups in total. The maximum Gasteiger partial charge on any atom is 0.303 e. The first-order chi connectivity index (χ1) is 12.5. The van der Waals surface area contributed by atoms with E-state index in [0.29, 0.717) is 30.6 Å². The van der Waals surface area contributed by atoms with E-state index in [4.69, 9.17) is 5.11 Å². The van der Waals surface area contributed by atoms with Crippen LogP contribution in [0.5, 0.6) is 0 Å². The van der Waals surface area contributed by atoms with Crippen LogP contribution in [0.15, 0.2) is 54.6 Å². The minimum atomic E-state index is -0.912. The molecule has 0 aliphatic rings. The van der Waals surface area contributed by atoms with Crippen LogP contribution >= 0.6 is 0 Å². The minimum Gasteiger partial charge on any atom is -0.481 e. The highest BCUT2D eigenvalue weighted by molar-refractivity contribution is 5.93. The third kappa shape index (κ3) is 7.17. The molecule has 0 bridgehead atoms. The Kier molecular flexibility index (Phi) is 7.36. The second kappa shape index (κ2) is 9.98. The summed E-state index contributed by atoms with van der Waals surface area (Å²) < 4.78 is 0. The molecule has 0 saturated carbocycles. The van der Waals surface area contributed by atoms with Gasteiger partial charge >= 0.3 is 5.97 Å². The van der Waals surface area contributed by atoms with Gasteiger partial charge in [-0.2, -0.15) is 0 Å². The molecule has 0 spiro atoms. The zero-order chi connectivity index (χ0) is 18.8. The highest BCUT2D eigenvalue weighted by Crippen LogP contribution is 2.15. The molecule has 0 fully saturated rings. The van der Waals surface area contributed by atoms with Crippen molar-refractivity contribution >= 4 is 29.2 Å². The van der Waals surface area contributed by atoms with Crippen molar-refractivity contribution in [2.45, 2.75) is 32.1 Å². The number of carboxylic acids is 1. The smallest absolute Gasteiger partial charge is 0.303 e. The van der Waals surface area contributed by atoms with Gasteiger partial charge in [-0.1, -0.05) is 30.3 Å². The largest absolute Gasteiger partial charge is 0.481 e. The first kappa shape index (κ1) is 19.2. The van der Waals surface area contributed by atoms with Gasteiger partial charge in [-0.05, 0) is 42.7 Å². The van der Waals surface area contributed by atoms with Gasteiger partial charge in [-0.3, -0.25) is 14.4 Å². The van der Waals surface area contributed by atoms with Gasteiger partial charge in [-0.25, -0.2) is 0 Å². The van der Waals surface area contributed by atoms with Gasteiger partial charge in [0.1, 0.15) is 0 Å². The molecule has 26 heavy (non-hydrogen) atoms. The summed E-state index contributed by atoms with van der Waals surface area (Å²) in [6.45, 7) is 0. The van der Waals surface area contributed by atoms with Gasteiger partial charge in [0.15, 0.2) is 0 Å². The van der Waals surface area contributed by atoms with Gasteiger partial charge < -0.3 is 15.7 Å². The van der Waals surface area contributed by atoms with Crippen molar-refractivity contribution in [3.8, 4) is 0 Å². The number of hydrogen-bond acceptors (Lipinski definition) is 3. The fourth-order valence-electron chi connectivity index (χ4n) is 2.39. The molecule has 0 saturated heterocycles. The monoisotopic (exact) mass is 354 g/mol. The fourth-order valence-corrected chi connectivity index (χ4v) is 2.39. The topological polar surface area (TPSA) is 95.5 Å². The lowest BCUT2D eigenvalue weighted by Crippen LogP contribution is -2.13. The predicted octanol–water partition coefficient (Wildman–Crippen LogP) is 3.45. The molecule has 2 amide bonds. The van der Waals surface area contributed by atoms with E-state index >= 15 is 0 Å². The van der Waals surface area contributed by atoms with Crippen LogP contribution < -0.4 is 10.6 Å². The molecule has 0 aliphatic carbocycles. The molecule has 2 aromatic carbocycles. The third-order valence-corrected chi connectivity index (χ3v) is 3.73. The van der Waals surface area contributed by atoms with E-state index in [-0.39, 0.29) is 24.7 Å². The van der Waals surface area contributed by atoms with E-state index < -0.39 is 5.97 Å². The number of anilines is 2. The van der Waals surface area contributed by atoms with E-state index in [0.717, 1.165) is 5.56 Å². The molecule has 2 rings (SSSR count). The molecular formula is C20H22N2O4.